The second-order valence-electron chi connectivity index (χ2n) is 4.64. The second-order valence-corrected chi connectivity index (χ2v) is 5.56. The molecule has 0 saturated carbocycles. The minimum Gasteiger partial charge on any atom is -0.343 e. The van der Waals surface area contributed by atoms with Gasteiger partial charge in [-0.25, -0.2) is 0 Å². The van der Waals surface area contributed by atoms with Crippen LogP contribution in [-0.2, 0) is 11.3 Å². The summed E-state index contributed by atoms with van der Waals surface area (Å²) in [4.78, 5) is 13.4. The summed E-state index contributed by atoms with van der Waals surface area (Å²) in [6.45, 7) is 3.68. The molecule has 0 aliphatic carbocycles. The van der Waals surface area contributed by atoms with Crippen LogP contribution in [-0.4, -0.2) is 30.4 Å². The van der Waals surface area contributed by atoms with Crippen molar-refractivity contribution in [3.63, 3.8) is 0 Å². The zero-order valence-corrected chi connectivity index (χ0v) is 12.1. The predicted octanol–water partition coefficient (Wildman–Crippen LogP) is 2.55. The number of hydrogen-bond donors (Lipinski definition) is 1. The number of benzene rings is 1. The van der Waals surface area contributed by atoms with E-state index in [1.807, 2.05) is 17.0 Å². The van der Waals surface area contributed by atoms with Gasteiger partial charge in [0.15, 0.2) is 0 Å². The number of nitrogens with zero attached hydrogens (tertiary/aromatic N) is 1. The van der Waals surface area contributed by atoms with E-state index in [2.05, 4.69) is 33.4 Å². The van der Waals surface area contributed by atoms with Crippen molar-refractivity contribution in [2.75, 3.05) is 19.6 Å². The van der Waals surface area contributed by atoms with E-state index in [0.717, 1.165) is 49.9 Å². The van der Waals surface area contributed by atoms with E-state index in [9.17, 15) is 4.79 Å². The first-order valence-corrected chi connectivity index (χ1v) is 7.28. The molecule has 1 N–H and O–H groups in total. The van der Waals surface area contributed by atoms with Crippen LogP contribution in [0.5, 0.6) is 0 Å². The molecule has 1 heterocycles. The van der Waals surface area contributed by atoms with Gasteiger partial charge in [0.2, 0.25) is 5.91 Å². The van der Waals surface area contributed by atoms with Gasteiger partial charge in [-0.2, -0.15) is 0 Å². The molecule has 0 bridgehead atoms. The third-order valence-electron chi connectivity index (χ3n) is 3.17. The first kappa shape index (κ1) is 13.6. The number of carbonyl (C=O) groups excluding carboxylic acids is 1. The number of likely N-dealkylation sites (tertiary alicyclic amines) is 1. The third kappa shape index (κ3) is 4.10. The van der Waals surface area contributed by atoms with Crippen molar-refractivity contribution in [3.05, 3.63) is 34.3 Å². The molecule has 0 unspecified atom stereocenters. The lowest BCUT2D eigenvalue weighted by Crippen LogP contribution is -2.28. The van der Waals surface area contributed by atoms with Crippen LogP contribution in [0.3, 0.4) is 0 Å². The lowest BCUT2D eigenvalue weighted by atomic mass is 10.2. The van der Waals surface area contributed by atoms with Crippen molar-refractivity contribution in [1.82, 2.24) is 10.2 Å². The summed E-state index contributed by atoms with van der Waals surface area (Å²) in [5.41, 5.74) is 1.28. The maximum atomic E-state index is 11.4. The van der Waals surface area contributed by atoms with E-state index in [-0.39, 0.29) is 0 Å². The Kier molecular flexibility index (Phi) is 5.20. The Balaban J connectivity index is 1.60. The molecule has 1 aromatic carbocycles. The summed E-state index contributed by atoms with van der Waals surface area (Å²) < 4.78 is 1.12. The fraction of sp³-hybridized carbons (Fsp3) is 0.500. The van der Waals surface area contributed by atoms with E-state index in [1.165, 1.54) is 5.56 Å². The summed E-state index contributed by atoms with van der Waals surface area (Å²) in [5.74, 6) is 0.321. The molecule has 1 aliphatic rings. The van der Waals surface area contributed by atoms with Crippen LogP contribution in [0.25, 0.3) is 0 Å². The minimum absolute atomic E-state index is 0.321. The molecular weight excluding hydrogens is 292 g/mol. The molecule has 1 aromatic rings. The quantitative estimate of drug-likeness (QED) is 0.819. The second kappa shape index (κ2) is 6.90. The standard InChI is InChI=1S/C14H19BrN2O/c15-13-5-1-4-12(10-13)11-16-7-3-9-17-8-2-6-14(17)18/h1,4-5,10,16H,2-3,6-9,11H2. The Hall–Kier alpha value is -0.870. The minimum atomic E-state index is 0.321. The molecule has 1 fully saturated rings. The third-order valence-corrected chi connectivity index (χ3v) is 3.66. The van der Waals surface area contributed by atoms with Gasteiger partial charge in [-0.3, -0.25) is 4.79 Å². The number of halogens is 1. The van der Waals surface area contributed by atoms with Crippen LogP contribution in [0.15, 0.2) is 28.7 Å². The lowest BCUT2D eigenvalue weighted by molar-refractivity contribution is -0.127. The summed E-state index contributed by atoms with van der Waals surface area (Å²) in [7, 11) is 0. The zero-order chi connectivity index (χ0) is 12.8. The largest absolute Gasteiger partial charge is 0.343 e. The van der Waals surface area contributed by atoms with Gasteiger partial charge < -0.3 is 10.2 Å². The monoisotopic (exact) mass is 310 g/mol. The molecule has 0 spiro atoms. The molecule has 18 heavy (non-hydrogen) atoms. The van der Waals surface area contributed by atoms with Crippen molar-refractivity contribution < 1.29 is 4.79 Å². The molecule has 4 heteroatoms. The van der Waals surface area contributed by atoms with Crippen molar-refractivity contribution >= 4 is 21.8 Å². The zero-order valence-electron chi connectivity index (χ0n) is 10.5. The molecule has 1 amide bonds. The SMILES string of the molecule is O=C1CCCN1CCCNCc1cccc(Br)c1. The molecule has 2 rings (SSSR count). The molecule has 0 radical (unpaired) electrons. The number of carbonyl (C=O) groups is 1. The highest BCUT2D eigenvalue weighted by Crippen LogP contribution is 2.11. The number of amides is 1. The van der Waals surface area contributed by atoms with Crippen LogP contribution in [0.4, 0.5) is 0 Å². The van der Waals surface area contributed by atoms with E-state index in [1.54, 1.807) is 0 Å². The topological polar surface area (TPSA) is 32.3 Å². The van der Waals surface area contributed by atoms with Gasteiger partial charge >= 0.3 is 0 Å². The van der Waals surface area contributed by atoms with Gasteiger partial charge in [-0.1, -0.05) is 28.1 Å². The van der Waals surface area contributed by atoms with Crippen LogP contribution in [0.1, 0.15) is 24.8 Å². The Labute approximate surface area is 117 Å². The summed E-state index contributed by atoms with van der Waals surface area (Å²) in [6, 6.07) is 8.31. The summed E-state index contributed by atoms with van der Waals surface area (Å²) in [5, 5.41) is 3.41. The molecular formula is C14H19BrN2O. The fourth-order valence-corrected chi connectivity index (χ4v) is 2.66. The smallest absolute Gasteiger partial charge is 0.222 e. The van der Waals surface area contributed by atoms with Crippen LogP contribution in [0.2, 0.25) is 0 Å². The van der Waals surface area contributed by atoms with Gasteiger partial charge in [-0.05, 0) is 37.1 Å². The van der Waals surface area contributed by atoms with Gasteiger partial charge in [0, 0.05) is 30.5 Å². The van der Waals surface area contributed by atoms with Gasteiger partial charge in [0.25, 0.3) is 0 Å². The van der Waals surface area contributed by atoms with Gasteiger partial charge in [0.1, 0.15) is 0 Å². The number of nitrogens with one attached hydrogen (secondary N) is 1. The Morgan fingerprint density at radius 3 is 3.00 bits per heavy atom. The van der Waals surface area contributed by atoms with Crippen molar-refractivity contribution in [2.24, 2.45) is 0 Å². The van der Waals surface area contributed by atoms with Crippen LogP contribution in [0, 0.1) is 0 Å². The summed E-state index contributed by atoms with van der Waals surface area (Å²) in [6.07, 6.45) is 2.80. The highest BCUT2D eigenvalue weighted by Gasteiger charge is 2.18. The molecule has 3 nitrogen and oxygen atoms in total. The van der Waals surface area contributed by atoms with E-state index in [0.29, 0.717) is 5.91 Å². The van der Waals surface area contributed by atoms with E-state index >= 15 is 0 Å². The highest BCUT2D eigenvalue weighted by molar-refractivity contribution is 9.10. The van der Waals surface area contributed by atoms with Crippen molar-refractivity contribution in [3.8, 4) is 0 Å². The number of hydrogen-bond acceptors (Lipinski definition) is 2. The normalized spacial score (nSPS) is 15.4. The van der Waals surface area contributed by atoms with Crippen molar-refractivity contribution in [1.29, 1.82) is 0 Å². The fourth-order valence-electron chi connectivity index (χ4n) is 2.22. The molecule has 0 atom stereocenters. The Bertz CT molecular complexity index is 409. The Morgan fingerprint density at radius 2 is 2.28 bits per heavy atom. The maximum Gasteiger partial charge on any atom is 0.222 e. The first-order valence-electron chi connectivity index (χ1n) is 6.48. The van der Waals surface area contributed by atoms with Crippen LogP contribution < -0.4 is 5.32 Å². The maximum absolute atomic E-state index is 11.4. The average Bonchev–Trinajstić information content (AvgIpc) is 2.75. The lowest BCUT2D eigenvalue weighted by Gasteiger charge is -2.15. The number of rotatable bonds is 6. The predicted molar refractivity (Wildman–Crippen MR) is 76.3 cm³/mol. The van der Waals surface area contributed by atoms with Crippen molar-refractivity contribution in [2.45, 2.75) is 25.8 Å². The van der Waals surface area contributed by atoms with E-state index < -0.39 is 0 Å². The Morgan fingerprint density at radius 1 is 1.39 bits per heavy atom. The molecule has 1 aliphatic heterocycles. The molecule has 98 valence electrons. The average molecular weight is 311 g/mol. The van der Waals surface area contributed by atoms with Gasteiger partial charge in [-0.15, -0.1) is 0 Å². The molecule has 0 aromatic heterocycles. The van der Waals surface area contributed by atoms with Crippen LogP contribution >= 0.6 is 15.9 Å². The first-order chi connectivity index (χ1) is 8.75. The summed E-state index contributed by atoms with van der Waals surface area (Å²) >= 11 is 3.46. The highest BCUT2D eigenvalue weighted by atomic mass is 79.9. The molecule has 1 saturated heterocycles. The van der Waals surface area contributed by atoms with E-state index in [4.69, 9.17) is 0 Å². The van der Waals surface area contributed by atoms with Gasteiger partial charge in [0.05, 0.1) is 0 Å².